The quantitative estimate of drug-likeness (QED) is 0.917. The van der Waals surface area contributed by atoms with Gasteiger partial charge in [-0.05, 0) is 35.7 Å². The highest BCUT2D eigenvalue weighted by Gasteiger charge is 2.22. The lowest BCUT2D eigenvalue weighted by atomic mass is 10.0. The van der Waals surface area contributed by atoms with Gasteiger partial charge in [0.25, 0.3) is 0 Å². The highest BCUT2D eigenvalue weighted by molar-refractivity contribution is 5.93. The van der Waals surface area contributed by atoms with E-state index in [4.69, 9.17) is 15.3 Å². The van der Waals surface area contributed by atoms with Crippen LogP contribution in [-0.4, -0.2) is 37.3 Å². The van der Waals surface area contributed by atoms with Crippen molar-refractivity contribution >= 4 is 5.91 Å². The second-order valence-corrected chi connectivity index (χ2v) is 5.73. The highest BCUT2D eigenvalue weighted by Crippen LogP contribution is 2.26. The van der Waals surface area contributed by atoms with Gasteiger partial charge in [0.15, 0.2) is 0 Å². The van der Waals surface area contributed by atoms with E-state index in [1.165, 1.54) is 0 Å². The molecule has 2 N–H and O–H groups in total. The van der Waals surface area contributed by atoms with Gasteiger partial charge in [0.2, 0.25) is 5.91 Å². The number of benzene rings is 2. The Morgan fingerprint density at radius 1 is 1.17 bits per heavy atom. The number of nitrogens with two attached hydrogens (primary N) is 1. The molecule has 2 aromatic rings. The predicted molar refractivity (Wildman–Crippen MR) is 92.3 cm³/mol. The molecule has 0 bridgehead atoms. The van der Waals surface area contributed by atoms with E-state index in [1.54, 1.807) is 12.1 Å². The molecule has 1 unspecified atom stereocenters. The van der Waals surface area contributed by atoms with Crippen molar-refractivity contribution in [1.29, 1.82) is 0 Å². The lowest BCUT2D eigenvalue weighted by molar-refractivity contribution is -0.210. The van der Waals surface area contributed by atoms with Gasteiger partial charge in [-0.15, -0.1) is 0 Å². The summed E-state index contributed by atoms with van der Waals surface area (Å²) in [5, 5.41) is 1.96. The fourth-order valence-corrected chi connectivity index (χ4v) is 2.84. The van der Waals surface area contributed by atoms with Gasteiger partial charge < -0.3 is 10.5 Å². The maximum atomic E-state index is 11.1. The van der Waals surface area contributed by atoms with Gasteiger partial charge >= 0.3 is 0 Å². The van der Waals surface area contributed by atoms with E-state index in [9.17, 15) is 4.79 Å². The zero-order valence-corrected chi connectivity index (χ0v) is 13.8. The third-order valence-corrected chi connectivity index (χ3v) is 4.13. The van der Waals surface area contributed by atoms with Crippen molar-refractivity contribution in [3.05, 3.63) is 59.7 Å². The number of hydroxylamine groups is 2. The number of hydrogen-bond donors (Lipinski definition) is 1. The zero-order valence-electron chi connectivity index (χ0n) is 13.8. The molecule has 3 rings (SSSR count). The second-order valence-electron chi connectivity index (χ2n) is 5.73. The first-order valence-electron chi connectivity index (χ1n) is 8.17. The third-order valence-electron chi connectivity index (χ3n) is 4.13. The normalized spacial score (nSPS) is 18.5. The fourth-order valence-electron chi connectivity index (χ4n) is 2.84. The number of morpholine rings is 1. The molecule has 1 aliphatic rings. The minimum atomic E-state index is -0.412. The van der Waals surface area contributed by atoms with E-state index in [-0.39, 0.29) is 6.10 Å². The monoisotopic (exact) mass is 326 g/mol. The van der Waals surface area contributed by atoms with Crippen LogP contribution in [0, 0.1) is 0 Å². The molecule has 1 atom stereocenters. The van der Waals surface area contributed by atoms with Crippen LogP contribution in [0.4, 0.5) is 0 Å². The van der Waals surface area contributed by atoms with Gasteiger partial charge in [-0.2, -0.15) is 5.06 Å². The smallest absolute Gasteiger partial charge is 0.248 e. The van der Waals surface area contributed by atoms with Crippen LogP contribution in [0.25, 0.3) is 11.1 Å². The van der Waals surface area contributed by atoms with Crippen molar-refractivity contribution in [2.75, 3.05) is 26.3 Å². The molecular weight excluding hydrogens is 304 g/mol. The van der Waals surface area contributed by atoms with Crippen LogP contribution in [0.5, 0.6) is 0 Å². The summed E-state index contributed by atoms with van der Waals surface area (Å²) in [4.78, 5) is 16.7. The standard InChI is InChI=1S/C19H22N2O3/c1-2-24-21-11-12-23-18(13-21)16-7-3-14(4-8-16)15-5-9-17(10-6-15)19(20)22/h3-10,18H,2,11-13H2,1H3,(H2,20,22). The molecular formula is C19H22N2O3. The summed E-state index contributed by atoms with van der Waals surface area (Å²) in [6, 6.07) is 15.6. The van der Waals surface area contributed by atoms with Crippen LogP contribution < -0.4 is 5.73 Å². The van der Waals surface area contributed by atoms with Gasteiger partial charge in [0, 0.05) is 12.1 Å². The molecule has 1 aliphatic heterocycles. The number of carbonyl (C=O) groups is 1. The lowest BCUT2D eigenvalue weighted by Gasteiger charge is -2.32. The Kier molecular flexibility index (Phi) is 5.25. The molecule has 2 aromatic carbocycles. The Bertz CT molecular complexity index is 681. The number of hydrogen-bond acceptors (Lipinski definition) is 4. The van der Waals surface area contributed by atoms with E-state index >= 15 is 0 Å². The Labute approximate surface area is 141 Å². The number of nitrogens with zero attached hydrogens (tertiary/aromatic N) is 1. The first-order valence-corrected chi connectivity index (χ1v) is 8.17. The number of ether oxygens (including phenoxy) is 1. The molecule has 0 aromatic heterocycles. The van der Waals surface area contributed by atoms with Crippen LogP contribution >= 0.6 is 0 Å². The Balaban J connectivity index is 1.72. The van der Waals surface area contributed by atoms with Crippen molar-refractivity contribution in [2.45, 2.75) is 13.0 Å². The topological polar surface area (TPSA) is 64.8 Å². The van der Waals surface area contributed by atoms with Crippen molar-refractivity contribution < 1.29 is 14.4 Å². The first kappa shape index (κ1) is 16.6. The van der Waals surface area contributed by atoms with Gasteiger partial charge in [-0.3, -0.25) is 9.63 Å². The molecule has 0 aliphatic carbocycles. The average Bonchev–Trinajstić information content (AvgIpc) is 2.62. The molecule has 0 radical (unpaired) electrons. The van der Waals surface area contributed by atoms with E-state index in [0.717, 1.165) is 29.8 Å². The molecule has 1 amide bonds. The van der Waals surface area contributed by atoms with Gasteiger partial charge in [-0.1, -0.05) is 36.4 Å². The van der Waals surface area contributed by atoms with E-state index in [1.807, 2.05) is 24.1 Å². The Hall–Kier alpha value is -2.21. The molecule has 126 valence electrons. The van der Waals surface area contributed by atoms with Crippen molar-refractivity contribution in [3.63, 3.8) is 0 Å². The molecule has 24 heavy (non-hydrogen) atoms. The summed E-state index contributed by atoms with van der Waals surface area (Å²) < 4.78 is 5.86. The van der Waals surface area contributed by atoms with Crippen LogP contribution in [0.3, 0.4) is 0 Å². The van der Waals surface area contributed by atoms with Crippen LogP contribution in [0.2, 0.25) is 0 Å². The minimum absolute atomic E-state index is 0.0246. The van der Waals surface area contributed by atoms with Gasteiger partial charge in [0.1, 0.15) is 0 Å². The van der Waals surface area contributed by atoms with Crippen molar-refractivity contribution in [3.8, 4) is 11.1 Å². The number of amides is 1. The molecule has 5 heteroatoms. The molecule has 1 heterocycles. The second kappa shape index (κ2) is 7.57. The zero-order chi connectivity index (χ0) is 16.9. The number of primary amides is 1. The Morgan fingerprint density at radius 3 is 2.38 bits per heavy atom. The van der Waals surface area contributed by atoms with Crippen molar-refractivity contribution in [2.24, 2.45) is 5.73 Å². The van der Waals surface area contributed by atoms with E-state index in [2.05, 4.69) is 24.3 Å². The van der Waals surface area contributed by atoms with Gasteiger partial charge in [-0.25, -0.2) is 0 Å². The molecule has 1 saturated heterocycles. The molecule has 0 saturated carbocycles. The van der Waals surface area contributed by atoms with Crippen LogP contribution in [0.1, 0.15) is 28.9 Å². The van der Waals surface area contributed by atoms with E-state index < -0.39 is 5.91 Å². The first-order chi connectivity index (χ1) is 11.7. The lowest BCUT2D eigenvalue weighted by Crippen LogP contribution is -2.38. The van der Waals surface area contributed by atoms with Crippen LogP contribution in [0.15, 0.2) is 48.5 Å². The fraction of sp³-hybridized carbons (Fsp3) is 0.316. The summed E-state index contributed by atoms with van der Waals surface area (Å²) in [5.41, 5.74) is 9.06. The van der Waals surface area contributed by atoms with Crippen LogP contribution in [-0.2, 0) is 9.57 Å². The largest absolute Gasteiger partial charge is 0.371 e. The summed E-state index contributed by atoms with van der Waals surface area (Å²) in [6.07, 6.45) is 0.0246. The molecule has 0 spiro atoms. The summed E-state index contributed by atoms with van der Waals surface area (Å²) in [7, 11) is 0. The van der Waals surface area contributed by atoms with E-state index in [0.29, 0.717) is 18.8 Å². The van der Waals surface area contributed by atoms with Crippen molar-refractivity contribution in [1.82, 2.24) is 5.06 Å². The maximum Gasteiger partial charge on any atom is 0.248 e. The SMILES string of the molecule is CCON1CCOC(c2ccc(-c3ccc(C(N)=O)cc3)cc2)C1. The Morgan fingerprint density at radius 2 is 1.79 bits per heavy atom. The predicted octanol–water partition coefficient (Wildman–Crippen LogP) is 2.78. The molecule has 5 nitrogen and oxygen atoms in total. The maximum absolute atomic E-state index is 11.1. The third kappa shape index (κ3) is 3.82. The number of carbonyl (C=O) groups excluding carboxylic acids is 1. The van der Waals surface area contributed by atoms with Gasteiger partial charge in [0.05, 0.1) is 25.9 Å². The average molecular weight is 326 g/mol. The summed E-state index contributed by atoms with van der Waals surface area (Å²) >= 11 is 0. The minimum Gasteiger partial charge on any atom is -0.371 e. The summed E-state index contributed by atoms with van der Waals surface area (Å²) in [5.74, 6) is -0.412. The number of rotatable bonds is 5. The molecule has 1 fully saturated rings. The summed E-state index contributed by atoms with van der Waals surface area (Å²) in [6.45, 7) is 4.87. The highest BCUT2D eigenvalue weighted by atomic mass is 16.7.